The summed E-state index contributed by atoms with van der Waals surface area (Å²) in [5.41, 5.74) is 0.608. The maximum absolute atomic E-state index is 12.1. The minimum atomic E-state index is -5.00. The van der Waals surface area contributed by atoms with Gasteiger partial charge in [-0.05, 0) is 23.6 Å². The van der Waals surface area contributed by atoms with Crippen LogP contribution in [0, 0.1) is 4.91 Å². The number of allylic oxidation sites excluding steroid dienone is 2. The van der Waals surface area contributed by atoms with E-state index in [2.05, 4.69) is 4.74 Å². The van der Waals surface area contributed by atoms with Crippen LogP contribution in [0.1, 0.15) is 12.8 Å². The summed E-state index contributed by atoms with van der Waals surface area (Å²) in [6, 6.07) is -2.95. The second-order valence-electron chi connectivity index (χ2n) is 3.42. The predicted molar refractivity (Wildman–Crippen MR) is 53.1 cm³/mol. The molecule has 1 unspecified atom stereocenters. The summed E-state index contributed by atoms with van der Waals surface area (Å²) in [6.07, 6.45) is 1.83. The van der Waals surface area contributed by atoms with Crippen LogP contribution in [0.5, 0.6) is 0 Å². The number of carbonyl (C=O) groups is 1. The molecule has 1 aliphatic rings. The highest BCUT2D eigenvalue weighted by atomic mass is 19.4. The molecule has 0 aliphatic heterocycles. The highest BCUT2D eigenvalue weighted by Crippen LogP contribution is 2.24. The molecule has 0 aromatic heterocycles. The second-order valence-corrected chi connectivity index (χ2v) is 3.42. The lowest BCUT2D eigenvalue weighted by molar-refractivity contribution is -0.178. The molecule has 0 amide bonds. The first-order valence-electron chi connectivity index (χ1n) is 4.86. The van der Waals surface area contributed by atoms with Gasteiger partial charge in [0.1, 0.15) is 6.61 Å². The molecule has 0 spiro atoms. The number of esters is 1. The number of rotatable bonds is 4. The van der Waals surface area contributed by atoms with Crippen LogP contribution in [0.15, 0.2) is 29.0 Å². The predicted octanol–water partition coefficient (Wildman–Crippen LogP) is 2.50. The third-order valence-electron chi connectivity index (χ3n) is 2.09. The largest absolute Gasteiger partial charge is 0.459 e. The van der Waals surface area contributed by atoms with E-state index in [0.29, 0.717) is 5.57 Å². The summed E-state index contributed by atoms with van der Waals surface area (Å²) >= 11 is 0. The third kappa shape index (κ3) is 4.01. The zero-order valence-electron chi connectivity index (χ0n) is 8.74. The van der Waals surface area contributed by atoms with E-state index in [4.69, 9.17) is 0 Å². The molecule has 1 atom stereocenters. The van der Waals surface area contributed by atoms with Gasteiger partial charge in [0.15, 0.2) is 0 Å². The summed E-state index contributed by atoms with van der Waals surface area (Å²) in [6.45, 7) is -0.280. The Morgan fingerprint density at radius 2 is 2.18 bits per heavy atom. The van der Waals surface area contributed by atoms with Gasteiger partial charge in [-0.2, -0.15) is 13.2 Å². The van der Waals surface area contributed by atoms with Crippen molar-refractivity contribution >= 4 is 5.97 Å². The molecule has 0 radical (unpaired) electrons. The molecular weight excluding hydrogens is 239 g/mol. The lowest BCUT2D eigenvalue weighted by Gasteiger charge is -2.13. The molecule has 1 aliphatic carbocycles. The van der Waals surface area contributed by atoms with Crippen LogP contribution in [0.25, 0.3) is 0 Å². The van der Waals surface area contributed by atoms with E-state index in [1.54, 1.807) is 17.3 Å². The van der Waals surface area contributed by atoms with Crippen molar-refractivity contribution in [1.29, 1.82) is 0 Å². The lowest BCUT2D eigenvalue weighted by Crippen LogP contribution is -2.36. The Kier molecular flexibility index (Phi) is 4.42. The van der Waals surface area contributed by atoms with Crippen molar-refractivity contribution in [2.24, 2.45) is 5.18 Å². The Morgan fingerprint density at radius 1 is 1.47 bits per heavy atom. The van der Waals surface area contributed by atoms with Crippen molar-refractivity contribution in [1.82, 2.24) is 0 Å². The minimum Gasteiger partial charge on any atom is -0.459 e. The molecule has 0 saturated heterocycles. The van der Waals surface area contributed by atoms with Crippen LogP contribution in [-0.2, 0) is 9.53 Å². The van der Waals surface area contributed by atoms with Crippen molar-refractivity contribution in [2.45, 2.75) is 25.1 Å². The number of nitrogens with zero attached hydrogens (tertiary/aromatic N) is 1. The van der Waals surface area contributed by atoms with Crippen LogP contribution in [0.2, 0.25) is 0 Å². The Morgan fingerprint density at radius 3 is 2.65 bits per heavy atom. The number of carbonyl (C=O) groups excluding carboxylic acids is 1. The number of hydrogen-bond acceptors (Lipinski definition) is 4. The Hall–Kier alpha value is -1.66. The average molecular weight is 249 g/mol. The Labute approximate surface area is 95.1 Å². The van der Waals surface area contributed by atoms with Crippen LogP contribution >= 0.6 is 0 Å². The van der Waals surface area contributed by atoms with Crippen LogP contribution in [0.4, 0.5) is 13.2 Å². The van der Waals surface area contributed by atoms with Crippen LogP contribution < -0.4 is 0 Å². The van der Waals surface area contributed by atoms with E-state index in [0.717, 1.165) is 12.8 Å². The fraction of sp³-hybridized carbons (Fsp3) is 0.500. The lowest BCUT2D eigenvalue weighted by atomic mass is 10.1. The summed E-state index contributed by atoms with van der Waals surface area (Å²) in [5.74, 6) is -1.67. The monoisotopic (exact) mass is 249 g/mol. The SMILES string of the molecule is O=NC(C(=O)OCC1=CCCC=C1)C(F)(F)F. The first-order chi connectivity index (χ1) is 7.95. The Balaban J connectivity index is 2.51. The highest BCUT2D eigenvalue weighted by molar-refractivity contribution is 5.77. The van der Waals surface area contributed by atoms with E-state index in [-0.39, 0.29) is 6.61 Å². The molecule has 0 aromatic carbocycles. The van der Waals surface area contributed by atoms with Gasteiger partial charge in [-0.15, -0.1) is 4.91 Å². The standard InChI is InChI=1S/C10H10F3NO3/c11-10(12,13)8(14-16)9(15)17-6-7-4-2-1-3-5-7/h2,4-5,8H,1,3,6H2. The molecule has 0 bridgehead atoms. The zero-order chi connectivity index (χ0) is 12.9. The van der Waals surface area contributed by atoms with Gasteiger partial charge in [-0.3, -0.25) is 0 Å². The van der Waals surface area contributed by atoms with E-state index in [1.807, 2.05) is 6.08 Å². The fourth-order valence-electron chi connectivity index (χ4n) is 1.24. The molecule has 0 aromatic rings. The molecule has 17 heavy (non-hydrogen) atoms. The molecule has 4 nitrogen and oxygen atoms in total. The van der Waals surface area contributed by atoms with Crippen LogP contribution in [-0.4, -0.2) is 24.8 Å². The van der Waals surface area contributed by atoms with Crippen molar-refractivity contribution in [3.63, 3.8) is 0 Å². The van der Waals surface area contributed by atoms with E-state index in [1.165, 1.54) is 0 Å². The smallest absolute Gasteiger partial charge is 0.425 e. The molecule has 0 N–H and O–H groups in total. The summed E-state index contributed by atoms with van der Waals surface area (Å²) < 4.78 is 40.7. The van der Waals surface area contributed by atoms with Crippen molar-refractivity contribution in [3.8, 4) is 0 Å². The van der Waals surface area contributed by atoms with E-state index < -0.39 is 18.2 Å². The van der Waals surface area contributed by atoms with Gasteiger partial charge >= 0.3 is 12.1 Å². The van der Waals surface area contributed by atoms with Gasteiger partial charge in [0.25, 0.3) is 6.04 Å². The first kappa shape index (κ1) is 13.4. The number of nitroso groups, excluding NO2 is 1. The van der Waals surface area contributed by atoms with Gasteiger partial charge in [0.2, 0.25) is 0 Å². The quantitative estimate of drug-likeness (QED) is 0.568. The molecule has 0 saturated carbocycles. The number of halogens is 3. The average Bonchev–Trinajstić information content (AvgIpc) is 2.27. The molecule has 0 fully saturated rings. The van der Waals surface area contributed by atoms with Gasteiger partial charge < -0.3 is 4.74 Å². The first-order valence-corrected chi connectivity index (χ1v) is 4.86. The fourth-order valence-corrected chi connectivity index (χ4v) is 1.24. The second kappa shape index (κ2) is 5.60. The molecule has 7 heteroatoms. The molecule has 94 valence electrons. The van der Waals surface area contributed by atoms with Gasteiger partial charge in [0, 0.05) is 0 Å². The highest BCUT2D eigenvalue weighted by Gasteiger charge is 2.48. The summed E-state index contributed by atoms with van der Waals surface area (Å²) in [7, 11) is 0. The molecular formula is C10H10F3NO3. The zero-order valence-corrected chi connectivity index (χ0v) is 8.74. The van der Waals surface area contributed by atoms with Gasteiger partial charge in [-0.25, -0.2) is 4.79 Å². The van der Waals surface area contributed by atoms with E-state index in [9.17, 15) is 22.9 Å². The number of ether oxygens (including phenoxy) is 1. The van der Waals surface area contributed by atoms with Crippen molar-refractivity contribution in [2.75, 3.05) is 6.61 Å². The minimum absolute atomic E-state index is 0.280. The maximum atomic E-state index is 12.1. The van der Waals surface area contributed by atoms with Crippen molar-refractivity contribution < 1.29 is 22.7 Å². The topological polar surface area (TPSA) is 55.7 Å². The normalized spacial score (nSPS) is 17.2. The maximum Gasteiger partial charge on any atom is 0.425 e. The molecule has 1 rings (SSSR count). The van der Waals surface area contributed by atoms with Gasteiger partial charge in [0.05, 0.1) is 0 Å². The van der Waals surface area contributed by atoms with Crippen molar-refractivity contribution in [3.05, 3.63) is 28.7 Å². The summed E-state index contributed by atoms with van der Waals surface area (Å²) in [5, 5.41) is 1.74. The Bertz CT molecular complexity index is 360. The summed E-state index contributed by atoms with van der Waals surface area (Å²) in [4.78, 5) is 20.9. The number of alkyl halides is 3. The number of hydrogen-bond donors (Lipinski definition) is 0. The van der Waals surface area contributed by atoms with Crippen LogP contribution in [0.3, 0.4) is 0 Å². The molecule has 0 heterocycles. The third-order valence-corrected chi connectivity index (χ3v) is 2.09. The van der Waals surface area contributed by atoms with E-state index >= 15 is 0 Å². The van der Waals surface area contributed by atoms with Gasteiger partial charge in [-0.1, -0.05) is 18.2 Å².